The van der Waals surface area contributed by atoms with Crippen LogP contribution in [0.3, 0.4) is 0 Å². The average Bonchev–Trinajstić information content (AvgIpc) is 3.06. The van der Waals surface area contributed by atoms with E-state index in [0.717, 1.165) is 0 Å². The molecule has 0 spiro atoms. The van der Waals surface area contributed by atoms with E-state index >= 15 is 0 Å². The van der Waals surface area contributed by atoms with E-state index in [1.54, 1.807) is 0 Å². The highest BCUT2D eigenvalue weighted by Crippen LogP contribution is 2.56. The molecule has 0 unspecified atom stereocenters. The van der Waals surface area contributed by atoms with E-state index in [-0.39, 0.29) is 96.7 Å². The van der Waals surface area contributed by atoms with Crippen molar-refractivity contribution in [3.05, 3.63) is 0 Å². The highest BCUT2D eigenvalue weighted by molar-refractivity contribution is 7.04. The number of hydrogen-bond acceptors (Lipinski definition) is 20. The second-order valence-corrected chi connectivity index (χ2v) is 82.9. The van der Waals surface area contributed by atoms with Crippen molar-refractivity contribution in [2.24, 2.45) is 0 Å². The summed E-state index contributed by atoms with van der Waals surface area (Å²) >= 11 is 0. The van der Waals surface area contributed by atoms with Crippen LogP contribution in [0.1, 0.15) is 0 Å². The summed E-state index contributed by atoms with van der Waals surface area (Å²) < 4.78 is 92.8. The maximum Gasteiger partial charge on any atom is 0.478 e. The third-order valence-corrected chi connectivity index (χ3v) is 64.6. The minimum atomic E-state index is -4.53. The zero-order valence-electron chi connectivity index (χ0n) is 43.8. The van der Waals surface area contributed by atoms with Crippen LogP contribution in [0.15, 0.2) is 0 Å². The zero-order valence-corrected chi connectivity index (χ0v) is 59.8. The second-order valence-electron chi connectivity index (χ2n) is 25.2. The van der Waals surface area contributed by atoms with E-state index in [1.165, 1.54) is 0 Å². The normalized spacial score (nSPS) is 36.4. The maximum atomic E-state index is 11.6. The smallest absolute Gasteiger partial charge is 0.432 e. The van der Waals surface area contributed by atoms with Gasteiger partial charge in [-0.1, -0.05) is 0 Å². The van der Waals surface area contributed by atoms with Gasteiger partial charge in [-0.25, -0.2) is 0 Å². The predicted octanol–water partition coefficient (Wildman–Crippen LogP) is 5.34. The molecule has 36 heteroatoms. The van der Waals surface area contributed by atoms with Crippen LogP contribution < -0.4 is 0 Å². The van der Waals surface area contributed by atoms with E-state index in [0.29, 0.717) is 0 Å². The SMILES string of the molecule is C[Si](C)(O)CC[Si]12O[Si]3(CC[Si](C)(C)O)O[Si]4(CC[Si](C)(C)O)O[Si](CC[Si](C)(C)O)(O1)O[Si]1(CC[Si](C)(C)O)O[Si](CC[Si](C)(C)O)(O2)O[Si](CC[Si](C)(C)O)(O3)O[Si](CC[Si](C)(C)O)(O4)O1. The van der Waals surface area contributed by atoms with Crippen LogP contribution in [0.2, 0.25) is 201 Å². The van der Waals surface area contributed by atoms with Gasteiger partial charge in [0.25, 0.3) is 0 Å². The fourth-order valence-corrected chi connectivity index (χ4v) is 83.2. The van der Waals surface area contributed by atoms with Crippen LogP contribution in [-0.2, 0) is 49.4 Å². The summed E-state index contributed by atoms with van der Waals surface area (Å²) in [6, 6.07) is 2.10. The Bertz CT molecular complexity index is 1300. The molecule has 0 aromatic rings. The van der Waals surface area contributed by atoms with Gasteiger partial charge in [-0.2, -0.15) is 0 Å². The Morgan fingerprint density at radius 3 is 0.324 bits per heavy atom. The number of rotatable bonds is 24. The van der Waals surface area contributed by atoms with Crippen molar-refractivity contribution in [2.45, 2.75) is 201 Å². The van der Waals surface area contributed by atoms with Crippen molar-refractivity contribution in [2.75, 3.05) is 0 Å². The highest BCUT2D eigenvalue weighted by Gasteiger charge is 2.83. The summed E-state index contributed by atoms with van der Waals surface area (Å²) in [6.45, 7) is 29.0. The van der Waals surface area contributed by atoms with Crippen molar-refractivity contribution >= 4 is 137 Å². The molecule has 8 N–H and O–H groups in total. The molecule has 6 aliphatic rings. The van der Waals surface area contributed by atoms with E-state index in [2.05, 4.69) is 0 Å². The van der Waals surface area contributed by atoms with Gasteiger partial charge in [0.15, 0.2) is 66.5 Å². The second kappa shape index (κ2) is 20.5. The molecule has 6 fully saturated rings. The average molecular weight is 1240 g/mol. The third-order valence-electron chi connectivity index (χ3n) is 12.1. The van der Waals surface area contributed by atoms with Gasteiger partial charge < -0.3 is 87.7 Å². The molecule has 0 aliphatic carbocycles. The van der Waals surface area contributed by atoms with E-state index in [4.69, 9.17) is 49.4 Å². The molecule has 0 saturated carbocycles. The van der Waals surface area contributed by atoms with Gasteiger partial charge in [0, 0.05) is 48.4 Å². The lowest BCUT2D eigenvalue weighted by Gasteiger charge is -2.63. The summed E-state index contributed by atoms with van der Waals surface area (Å²) in [6.07, 6.45) is 0. The molecule has 0 radical (unpaired) electrons. The standard InChI is InChI=1S/C32H88O20Si16/c1-53(2,33)17-25-61-41-62(26-18-54(3,4)34)44-65(29-21-57(9,10)37)46-63(42-61,27-19-55(5,6)35)48-67(31-23-59(13,14)39)49-64(43-61,28-20-56(7,8)36)47-66(45-62,30-22-58(11,12)38)51-68(50-65,52-67)32-24-60(15,16)40/h33-40H,17-32H2,1-16H3. The van der Waals surface area contributed by atoms with Crippen molar-refractivity contribution in [3.8, 4) is 0 Å². The third kappa shape index (κ3) is 18.4. The maximum absolute atomic E-state index is 11.6. The van der Waals surface area contributed by atoms with Gasteiger partial charge in [0.2, 0.25) is 0 Å². The first-order chi connectivity index (χ1) is 30.1. The Kier molecular flexibility index (Phi) is 18.5. The van der Waals surface area contributed by atoms with Crippen molar-refractivity contribution < 1.29 is 87.7 Å². The Morgan fingerprint density at radius 1 is 0.191 bits per heavy atom. The number of hydrogen-bond donors (Lipinski definition) is 8. The molecule has 8 bridgehead atoms. The molecule has 6 rings (SSSR count). The quantitative estimate of drug-likeness (QED) is 0.0566. The lowest BCUT2D eigenvalue weighted by molar-refractivity contribution is -0.0291. The summed E-state index contributed by atoms with van der Waals surface area (Å²) in [7, 11) is -59.9. The zero-order chi connectivity index (χ0) is 51.8. The fourth-order valence-electron chi connectivity index (χ4n) is 8.24. The molecule has 6 heterocycles. The Morgan fingerprint density at radius 2 is 0.265 bits per heavy atom. The first-order valence-electron chi connectivity index (χ1n) is 24.3. The lowest BCUT2D eigenvalue weighted by Crippen LogP contribution is -2.88. The first-order valence-corrected chi connectivity index (χ1v) is 65.0. The molecule has 20 nitrogen and oxygen atoms in total. The molecule has 0 aromatic heterocycles. The Balaban J connectivity index is 2.02. The molecule has 0 amide bonds. The van der Waals surface area contributed by atoms with Crippen LogP contribution in [0.5, 0.6) is 0 Å². The minimum Gasteiger partial charge on any atom is -0.432 e. The van der Waals surface area contributed by atoms with Gasteiger partial charge >= 0.3 is 70.4 Å². The van der Waals surface area contributed by atoms with Crippen LogP contribution >= 0.6 is 0 Å². The van der Waals surface area contributed by atoms with Crippen LogP contribution in [-0.4, -0.2) is 175 Å². The fraction of sp³-hybridized carbons (Fsp3) is 1.00. The lowest BCUT2D eigenvalue weighted by atomic mass is 10.9. The van der Waals surface area contributed by atoms with Crippen LogP contribution in [0.4, 0.5) is 0 Å². The molecule has 68 heavy (non-hydrogen) atoms. The molecular weight excluding hydrogens is 1150 g/mol. The molecule has 6 aliphatic heterocycles. The molecule has 400 valence electrons. The monoisotopic (exact) mass is 1240 g/mol. The summed E-state index contributed by atoms with van der Waals surface area (Å²) in [5.74, 6) is 0. The van der Waals surface area contributed by atoms with Crippen molar-refractivity contribution in [3.63, 3.8) is 0 Å². The summed E-state index contributed by atoms with van der Waals surface area (Å²) in [5.41, 5.74) is 0. The topological polar surface area (TPSA) is 273 Å². The minimum absolute atomic E-state index is 0.0336. The molecule has 6 saturated heterocycles. The largest absolute Gasteiger partial charge is 0.478 e. The van der Waals surface area contributed by atoms with Crippen LogP contribution in [0, 0.1) is 0 Å². The van der Waals surface area contributed by atoms with Crippen molar-refractivity contribution in [1.29, 1.82) is 0 Å². The van der Waals surface area contributed by atoms with Crippen LogP contribution in [0.25, 0.3) is 0 Å². The summed E-state index contributed by atoms with van der Waals surface area (Å²) in [4.78, 5) is 93.2. The van der Waals surface area contributed by atoms with Gasteiger partial charge in [0.1, 0.15) is 0 Å². The molecule has 0 atom stereocenters. The van der Waals surface area contributed by atoms with Gasteiger partial charge in [-0.3, -0.25) is 0 Å². The highest BCUT2D eigenvalue weighted by atomic mass is 28.6. The summed E-state index contributed by atoms with van der Waals surface area (Å²) in [5, 5.41) is 0. The molecular formula is C32H88O20Si16. The van der Waals surface area contributed by atoms with E-state index in [9.17, 15) is 38.4 Å². The molecule has 0 aromatic carbocycles. The van der Waals surface area contributed by atoms with Gasteiger partial charge in [-0.05, 0) is 153 Å². The Labute approximate surface area is 423 Å². The van der Waals surface area contributed by atoms with E-state index in [1.807, 2.05) is 105 Å². The van der Waals surface area contributed by atoms with Crippen molar-refractivity contribution in [1.82, 2.24) is 0 Å². The predicted molar refractivity (Wildman–Crippen MR) is 294 cm³/mol. The Hall–Kier alpha value is 2.67. The van der Waals surface area contributed by atoms with Gasteiger partial charge in [-0.15, -0.1) is 0 Å². The first kappa shape index (κ1) is 61.5. The van der Waals surface area contributed by atoms with Gasteiger partial charge in [0.05, 0.1) is 0 Å². The van der Waals surface area contributed by atoms with E-state index < -0.39 is 137 Å².